The van der Waals surface area contributed by atoms with E-state index < -0.39 is 0 Å². The molecule has 0 bridgehead atoms. The number of benzene rings is 1. The minimum absolute atomic E-state index is 0.0460. The molecule has 1 aromatic carbocycles. The Kier molecular flexibility index (Phi) is 3.89. The molecular formula is C15H20N2O3. The van der Waals surface area contributed by atoms with Crippen LogP contribution in [0.2, 0.25) is 0 Å². The summed E-state index contributed by atoms with van der Waals surface area (Å²) in [6.45, 7) is 1.99. The van der Waals surface area contributed by atoms with Gasteiger partial charge in [-0.1, -0.05) is 18.2 Å². The molecule has 3 rings (SSSR count). The lowest BCUT2D eigenvalue weighted by molar-refractivity contribution is -0.127. The summed E-state index contributed by atoms with van der Waals surface area (Å²) in [5, 5.41) is 6.30. The van der Waals surface area contributed by atoms with Crippen LogP contribution in [0.25, 0.3) is 0 Å². The number of nitrogens with one attached hydrogen (secondary N) is 2. The van der Waals surface area contributed by atoms with Crippen molar-refractivity contribution in [1.29, 1.82) is 0 Å². The minimum Gasteiger partial charge on any atom is -0.492 e. The van der Waals surface area contributed by atoms with Crippen molar-refractivity contribution in [2.45, 2.75) is 18.6 Å². The Balaban J connectivity index is 1.61. The summed E-state index contributed by atoms with van der Waals surface area (Å²) >= 11 is 0. The molecule has 108 valence electrons. The minimum atomic E-state index is -0.122. The normalized spacial score (nSPS) is 28.6. The van der Waals surface area contributed by atoms with E-state index in [4.69, 9.17) is 9.47 Å². The molecule has 0 aromatic heterocycles. The third-order valence-corrected chi connectivity index (χ3v) is 4.04. The predicted molar refractivity (Wildman–Crippen MR) is 74.7 cm³/mol. The zero-order chi connectivity index (χ0) is 13.9. The standard InChI is InChI=1S/C15H20N2O3/c1-19-14-8-16-7-12(14)17-15(18)11-6-10-4-2-3-5-13(10)20-9-11/h2-5,11-12,14,16H,6-9H2,1H3,(H,17,18)/t11?,12?,14-/m0/s1. The van der Waals surface area contributed by atoms with Crippen molar-refractivity contribution in [3.05, 3.63) is 29.8 Å². The summed E-state index contributed by atoms with van der Waals surface area (Å²) in [7, 11) is 1.68. The Morgan fingerprint density at radius 2 is 2.25 bits per heavy atom. The first-order chi connectivity index (χ1) is 9.78. The first kappa shape index (κ1) is 13.4. The number of fused-ring (bicyclic) bond motifs is 1. The third kappa shape index (κ3) is 2.64. The highest BCUT2D eigenvalue weighted by molar-refractivity contribution is 5.80. The SMILES string of the molecule is CO[C@H]1CNCC1NC(=O)C1COc2ccccc2C1. The van der Waals surface area contributed by atoms with Crippen LogP contribution < -0.4 is 15.4 Å². The summed E-state index contributed by atoms with van der Waals surface area (Å²) in [5.74, 6) is 0.826. The lowest BCUT2D eigenvalue weighted by Crippen LogP contribution is -2.48. The van der Waals surface area contributed by atoms with Gasteiger partial charge in [0.2, 0.25) is 5.91 Å². The molecular weight excluding hydrogens is 256 g/mol. The molecule has 2 aliphatic heterocycles. The van der Waals surface area contributed by atoms with Crippen molar-refractivity contribution in [2.75, 3.05) is 26.8 Å². The number of amides is 1. The molecule has 2 unspecified atom stereocenters. The maximum atomic E-state index is 12.4. The van der Waals surface area contributed by atoms with Gasteiger partial charge in [-0.25, -0.2) is 0 Å². The van der Waals surface area contributed by atoms with Crippen LogP contribution in [-0.4, -0.2) is 44.9 Å². The number of carbonyl (C=O) groups excluding carboxylic acids is 1. The number of carbonyl (C=O) groups is 1. The van der Waals surface area contributed by atoms with Gasteiger partial charge in [0, 0.05) is 20.2 Å². The van der Waals surface area contributed by atoms with Gasteiger partial charge in [-0.2, -0.15) is 0 Å². The summed E-state index contributed by atoms with van der Waals surface area (Å²) in [4.78, 5) is 12.4. The first-order valence-electron chi connectivity index (χ1n) is 7.02. The Morgan fingerprint density at radius 3 is 3.10 bits per heavy atom. The lowest BCUT2D eigenvalue weighted by atomic mass is 9.95. The van der Waals surface area contributed by atoms with Gasteiger partial charge < -0.3 is 20.1 Å². The second-order valence-electron chi connectivity index (χ2n) is 5.37. The predicted octanol–water partition coefficient (Wildman–Crippen LogP) is 0.341. The first-order valence-corrected chi connectivity index (χ1v) is 7.02. The van der Waals surface area contributed by atoms with Gasteiger partial charge in [0.05, 0.1) is 18.1 Å². The van der Waals surface area contributed by atoms with E-state index in [1.54, 1.807) is 7.11 Å². The van der Waals surface area contributed by atoms with E-state index in [9.17, 15) is 4.79 Å². The quantitative estimate of drug-likeness (QED) is 0.836. The maximum absolute atomic E-state index is 12.4. The molecule has 1 fully saturated rings. The van der Waals surface area contributed by atoms with Gasteiger partial charge in [-0.05, 0) is 18.1 Å². The monoisotopic (exact) mass is 276 g/mol. The van der Waals surface area contributed by atoms with E-state index in [-0.39, 0.29) is 24.0 Å². The van der Waals surface area contributed by atoms with Crippen LogP contribution in [0, 0.1) is 5.92 Å². The number of methoxy groups -OCH3 is 1. The van der Waals surface area contributed by atoms with Gasteiger partial charge in [-0.15, -0.1) is 0 Å². The molecule has 20 heavy (non-hydrogen) atoms. The molecule has 0 aliphatic carbocycles. The molecule has 5 nitrogen and oxygen atoms in total. The van der Waals surface area contributed by atoms with Crippen LogP contribution in [0.5, 0.6) is 5.75 Å². The average molecular weight is 276 g/mol. The fourth-order valence-electron chi connectivity index (χ4n) is 2.84. The molecule has 1 aromatic rings. The van der Waals surface area contributed by atoms with Crippen LogP contribution in [0.4, 0.5) is 0 Å². The molecule has 0 saturated carbocycles. The van der Waals surface area contributed by atoms with Gasteiger partial charge >= 0.3 is 0 Å². The second-order valence-corrected chi connectivity index (χ2v) is 5.37. The van der Waals surface area contributed by atoms with Gasteiger partial charge in [0.15, 0.2) is 0 Å². The van der Waals surface area contributed by atoms with Gasteiger partial charge in [0.1, 0.15) is 12.4 Å². The fraction of sp³-hybridized carbons (Fsp3) is 0.533. The molecule has 2 N–H and O–H groups in total. The fourth-order valence-corrected chi connectivity index (χ4v) is 2.84. The summed E-state index contributed by atoms with van der Waals surface area (Å²) in [5.41, 5.74) is 1.10. The van der Waals surface area contributed by atoms with E-state index in [0.717, 1.165) is 30.8 Å². The van der Waals surface area contributed by atoms with E-state index in [1.165, 1.54) is 0 Å². The molecule has 5 heteroatoms. The number of hydrogen-bond donors (Lipinski definition) is 2. The lowest BCUT2D eigenvalue weighted by Gasteiger charge is -2.27. The highest BCUT2D eigenvalue weighted by Gasteiger charge is 2.32. The number of para-hydroxylation sites is 1. The van der Waals surface area contributed by atoms with Crippen LogP contribution in [-0.2, 0) is 16.0 Å². The Bertz CT molecular complexity index is 492. The Hall–Kier alpha value is -1.59. The zero-order valence-corrected chi connectivity index (χ0v) is 11.6. The van der Waals surface area contributed by atoms with Crippen LogP contribution >= 0.6 is 0 Å². The molecule has 2 heterocycles. The molecule has 3 atom stereocenters. The average Bonchev–Trinajstić information content (AvgIpc) is 2.94. The van der Waals surface area contributed by atoms with E-state index in [1.807, 2.05) is 24.3 Å². The van der Waals surface area contributed by atoms with Crippen molar-refractivity contribution in [1.82, 2.24) is 10.6 Å². The van der Waals surface area contributed by atoms with Gasteiger partial charge in [-0.3, -0.25) is 4.79 Å². The zero-order valence-electron chi connectivity index (χ0n) is 11.6. The summed E-state index contributed by atoms with van der Waals surface area (Å²) < 4.78 is 11.0. The van der Waals surface area contributed by atoms with Crippen LogP contribution in [0.15, 0.2) is 24.3 Å². The van der Waals surface area contributed by atoms with Crippen molar-refractivity contribution >= 4 is 5.91 Å². The van der Waals surface area contributed by atoms with E-state index in [2.05, 4.69) is 10.6 Å². The van der Waals surface area contributed by atoms with Crippen molar-refractivity contribution in [2.24, 2.45) is 5.92 Å². The molecule has 1 saturated heterocycles. The molecule has 0 spiro atoms. The molecule has 2 aliphatic rings. The largest absolute Gasteiger partial charge is 0.492 e. The Morgan fingerprint density at radius 1 is 1.40 bits per heavy atom. The maximum Gasteiger partial charge on any atom is 0.227 e. The second kappa shape index (κ2) is 5.81. The smallest absolute Gasteiger partial charge is 0.227 e. The van der Waals surface area contributed by atoms with Crippen LogP contribution in [0.3, 0.4) is 0 Å². The molecule has 0 radical (unpaired) electrons. The highest BCUT2D eigenvalue weighted by Crippen LogP contribution is 2.26. The van der Waals surface area contributed by atoms with E-state index >= 15 is 0 Å². The summed E-state index contributed by atoms with van der Waals surface area (Å²) in [6, 6.07) is 7.94. The Labute approximate surface area is 118 Å². The van der Waals surface area contributed by atoms with Gasteiger partial charge in [0.25, 0.3) is 0 Å². The van der Waals surface area contributed by atoms with Crippen molar-refractivity contribution < 1.29 is 14.3 Å². The number of hydrogen-bond acceptors (Lipinski definition) is 4. The highest BCUT2D eigenvalue weighted by atomic mass is 16.5. The topological polar surface area (TPSA) is 59.6 Å². The van der Waals surface area contributed by atoms with E-state index in [0.29, 0.717) is 6.61 Å². The number of ether oxygens (including phenoxy) is 2. The van der Waals surface area contributed by atoms with Crippen molar-refractivity contribution in [3.8, 4) is 5.75 Å². The third-order valence-electron chi connectivity index (χ3n) is 4.04. The number of rotatable bonds is 3. The molecule has 1 amide bonds. The summed E-state index contributed by atoms with van der Waals surface area (Å²) in [6.07, 6.45) is 0.788. The van der Waals surface area contributed by atoms with Crippen LogP contribution in [0.1, 0.15) is 5.56 Å². The van der Waals surface area contributed by atoms with Crippen molar-refractivity contribution in [3.63, 3.8) is 0 Å².